The summed E-state index contributed by atoms with van der Waals surface area (Å²) in [5.41, 5.74) is 0.721. The first-order valence-corrected chi connectivity index (χ1v) is 7.23. The zero-order valence-electron chi connectivity index (χ0n) is 11.5. The second kappa shape index (κ2) is 6.26. The third kappa shape index (κ3) is 3.24. The Bertz CT molecular complexity index is 590. The molecular formula is C14H15BrN2O4. The molecule has 0 radical (unpaired) electrons. The number of carbonyl (C=O) groups is 3. The van der Waals surface area contributed by atoms with Gasteiger partial charge in [0.2, 0.25) is 11.8 Å². The molecule has 1 aliphatic heterocycles. The monoisotopic (exact) mass is 354 g/mol. The molecule has 1 fully saturated rings. The van der Waals surface area contributed by atoms with Gasteiger partial charge < -0.3 is 14.9 Å². The second-order valence-electron chi connectivity index (χ2n) is 4.87. The van der Waals surface area contributed by atoms with Crippen LogP contribution in [-0.4, -0.2) is 47.9 Å². The molecule has 1 aromatic rings. The van der Waals surface area contributed by atoms with Crippen molar-refractivity contribution in [2.24, 2.45) is 5.92 Å². The standard InChI is InChI=1S/C14H15BrN2O4/c1-16(8-12(18)19)13(20)9-6-7-17(14(9)21)11-5-3-2-4-10(11)15/h2-5,9H,6-8H2,1H3,(H,18,19)/t9-/m0/s1. The van der Waals surface area contributed by atoms with Crippen molar-refractivity contribution >= 4 is 39.4 Å². The molecule has 1 atom stereocenters. The van der Waals surface area contributed by atoms with E-state index in [1.54, 1.807) is 11.0 Å². The number of carboxylic acids is 1. The highest BCUT2D eigenvalue weighted by molar-refractivity contribution is 9.10. The Kier molecular flexibility index (Phi) is 4.62. The summed E-state index contributed by atoms with van der Waals surface area (Å²) in [7, 11) is 1.39. The summed E-state index contributed by atoms with van der Waals surface area (Å²) < 4.78 is 0.783. The average Bonchev–Trinajstić information content (AvgIpc) is 2.79. The molecule has 1 aromatic carbocycles. The lowest BCUT2D eigenvalue weighted by atomic mass is 10.1. The fourth-order valence-corrected chi connectivity index (χ4v) is 2.86. The zero-order valence-corrected chi connectivity index (χ0v) is 13.0. The molecule has 0 unspecified atom stereocenters. The molecule has 6 nitrogen and oxygen atoms in total. The van der Waals surface area contributed by atoms with Crippen LogP contribution in [0.25, 0.3) is 0 Å². The molecule has 1 N–H and O–H groups in total. The Morgan fingerprint density at radius 3 is 2.71 bits per heavy atom. The molecule has 0 aromatic heterocycles. The number of hydrogen-bond donors (Lipinski definition) is 1. The van der Waals surface area contributed by atoms with Crippen LogP contribution in [0.3, 0.4) is 0 Å². The van der Waals surface area contributed by atoms with Crippen molar-refractivity contribution < 1.29 is 19.5 Å². The van der Waals surface area contributed by atoms with Crippen molar-refractivity contribution in [3.8, 4) is 0 Å². The van der Waals surface area contributed by atoms with E-state index in [2.05, 4.69) is 15.9 Å². The van der Waals surface area contributed by atoms with Gasteiger partial charge in [-0.3, -0.25) is 14.4 Å². The van der Waals surface area contributed by atoms with E-state index in [4.69, 9.17) is 5.11 Å². The molecule has 0 saturated carbocycles. The van der Waals surface area contributed by atoms with Crippen LogP contribution in [0, 0.1) is 5.92 Å². The summed E-state index contributed by atoms with van der Waals surface area (Å²) in [5, 5.41) is 8.71. The van der Waals surface area contributed by atoms with Gasteiger partial charge in [-0.2, -0.15) is 0 Å². The fourth-order valence-electron chi connectivity index (χ4n) is 2.37. The third-order valence-electron chi connectivity index (χ3n) is 3.40. The summed E-state index contributed by atoms with van der Waals surface area (Å²) in [4.78, 5) is 37.8. The fraction of sp³-hybridized carbons (Fsp3) is 0.357. The number of carbonyl (C=O) groups excluding carboxylic acids is 2. The van der Waals surface area contributed by atoms with Crippen molar-refractivity contribution in [1.29, 1.82) is 0 Å². The Morgan fingerprint density at radius 2 is 2.10 bits per heavy atom. The lowest BCUT2D eigenvalue weighted by Crippen LogP contribution is -2.40. The maximum atomic E-state index is 12.4. The van der Waals surface area contributed by atoms with Crippen LogP contribution < -0.4 is 4.90 Å². The predicted octanol–water partition coefficient (Wildman–Crippen LogP) is 1.34. The highest BCUT2D eigenvalue weighted by Crippen LogP contribution is 2.31. The van der Waals surface area contributed by atoms with Gasteiger partial charge in [-0.15, -0.1) is 0 Å². The van der Waals surface area contributed by atoms with Crippen molar-refractivity contribution in [2.45, 2.75) is 6.42 Å². The first kappa shape index (κ1) is 15.5. The normalized spacial score (nSPS) is 17.9. The summed E-state index contributed by atoms with van der Waals surface area (Å²) in [6.45, 7) is 0.0381. The molecule has 1 aliphatic rings. The topological polar surface area (TPSA) is 77.9 Å². The minimum atomic E-state index is -1.10. The van der Waals surface area contributed by atoms with Crippen LogP contribution in [-0.2, 0) is 14.4 Å². The Balaban J connectivity index is 2.13. The van der Waals surface area contributed by atoms with E-state index in [9.17, 15) is 14.4 Å². The molecule has 0 spiro atoms. The number of likely N-dealkylation sites (N-methyl/N-ethyl adjacent to an activating group) is 1. The van der Waals surface area contributed by atoms with E-state index in [-0.39, 0.29) is 5.91 Å². The molecule has 112 valence electrons. The molecule has 2 amide bonds. The number of anilines is 1. The maximum absolute atomic E-state index is 12.4. The maximum Gasteiger partial charge on any atom is 0.323 e. The molecule has 2 rings (SSSR count). The van der Waals surface area contributed by atoms with Crippen LogP contribution in [0.15, 0.2) is 28.7 Å². The van der Waals surface area contributed by atoms with Crippen LogP contribution in [0.5, 0.6) is 0 Å². The number of amides is 2. The smallest absolute Gasteiger partial charge is 0.323 e. The first-order chi connectivity index (χ1) is 9.91. The van der Waals surface area contributed by atoms with Crippen molar-refractivity contribution in [2.75, 3.05) is 25.0 Å². The third-order valence-corrected chi connectivity index (χ3v) is 4.07. The van der Waals surface area contributed by atoms with Crippen molar-refractivity contribution in [3.05, 3.63) is 28.7 Å². The van der Waals surface area contributed by atoms with Gasteiger partial charge in [0, 0.05) is 18.1 Å². The van der Waals surface area contributed by atoms with E-state index in [1.807, 2.05) is 18.2 Å². The molecule has 7 heteroatoms. The highest BCUT2D eigenvalue weighted by Gasteiger charge is 2.39. The summed E-state index contributed by atoms with van der Waals surface area (Å²) in [6.07, 6.45) is 0.392. The van der Waals surface area contributed by atoms with Gasteiger partial charge in [0.15, 0.2) is 0 Å². The number of nitrogens with zero attached hydrogens (tertiary/aromatic N) is 2. The molecule has 0 bridgehead atoms. The largest absolute Gasteiger partial charge is 0.480 e. The number of benzene rings is 1. The van der Waals surface area contributed by atoms with Crippen LogP contribution >= 0.6 is 15.9 Å². The SMILES string of the molecule is CN(CC(=O)O)C(=O)[C@@H]1CCN(c2ccccc2Br)C1=O. The first-order valence-electron chi connectivity index (χ1n) is 6.44. The predicted molar refractivity (Wildman–Crippen MR) is 79.9 cm³/mol. The summed E-state index contributed by atoms with van der Waals surface area (Å²) in [5.74, 6) is -2.64. The Hall–Kier alpha value is -1.89. The van der Waals surface area contributed by atoms with E-state index in [0.29, 0.717) is 13.0 Å². The Labute approximate surface area is 130 Å². The second-order valence-corrected chi connectivity index (χ2v) is 5.72. The van der Waals surface area contributed by atoms with Gasteiger partial charge in [-0.1, -0.05) is 12.1 Å². The molecule has 1 saturated heterocycles. The van der Waals surface area contributed by atoms with E-state index >= 15 is 0 Å². The van der Waals surface area contributed by atoms with E-state index < -0.39 is 24.3 Å². The van der Waals surface area contributed by atoms with Crippen molar-refractivity contribution in [3.63, 3.8) is 0 Å². The van der Waals surface area contributed by atoms with Gasteiger partial charge in [0.25, 0.3) is 0 Å². The molecular weight excluding hydrogens is 340 g/mol. The quantitative estimate of drug-likeness (QED) is 0.827. The highest BCUT2D eigenvalue weighted by atomic mass is 79.9. The number of aliphatic carboxylic acids is 1. The molecule has 21 heavy (non-hydrogen) atoms. The minimum Gasteiger partial charge on any atom is -0.480 e. The van der Waals surface area contributed by atoms with Gasteiger partial charge in [-0.25, -0.2) is 0 Å². The number of rotatable bonds is 4. The van der Waals surface area contributed by atoms with E-state index in [0.717, 1.165) is 15.1 Å². The summed E-state index contributed by atoms with van der Waals surface area (Å²) >= 11 is 3.39. The van der Waals surface area contributed by atoms with Crippen LogP contribution in [0.4, 0.5) is 5.69 Å². The number of carboxylic acid groups (broad SMARTS) is 1. The zero-order chi connectivity index (χ0) is 15.6. The van der Waals surface area contributed by atoms with E-state index in [1.165, 1.54) is 7.05 Å². The number of halogens is 1. The van der Waals surface area contributed by atoms with Crippen LogP contribution in [0.2, 0.25) is 0 Å². The Morgan fingerprint density at radius 1 is 1.43 bits per heavy atom. The molecule has 1 heterocycles. The molecule has 0 aliphatic carbocycles. The average molecular weight is 355 g/mol. The lowest BCUT2D eigenvalue weighted by Gasteiger charge is -2.20. The van der Waals surface area contributed by atoms with Gasteiger partial charge >= 0.3 is 5.97 Å². The van der Waals surface area contributed by atoms with Gasteiger partial charge in [0.05, 0.1) is 5.69 Å². The van der Waals surface area contributed by atoms with Gasteiger partial charge in [0.1, 0.15) is 12.5 Å². The lowest BCUT2D eigenvalue weighted by molar-refractivity contribution is -0.146. The number of hydrogen-bond acceptors (Lipinski definition) is 3. The minimum absolute atomic E-state index is 0.288. The van der Waals surface area contributed by atoms with Crippen LogP contribution in [0.1, 0.15) is 6.42 Å². The van der Waals surface area contributed by atoms with Crippen molar-refractivity contribution in [1.82, 2.24) is 4.90 Å². The summed E-state index contributed by atoms with van der Waals surface area (Å²) in [6, 6.07) is 7.29. The number of para-hydroxylation sites is 1. The van der Waals surface area contributed by atoms with Gasteiger partial charge in [-0.05, 0) is 34.5 Å².